The average molecular weight is 273 g/mol. The topological polar surface area (TPSA) is 34.4 Å². The van der Waals surface area contributed by atoms with Crippen molar-refractivity contribution in [3.63, 3.8) is 0 Å². The lowest BCUT2D eigenvalue weighted by molar-refractivity contribution is 0.0359. The lowest BCUT2D eigenvalue weighted by atomic mass is 10.1. The van der Waals surface area contributed by atoms with Crippen LogP contribution in [0.1, 0.15) is 43.9 Å². The van der Waals surface area contributed by atoms with Gasteiger partial charge in [0, 0.05) is 17.5 Å². The Morgan fingerprint density at radius 2 is 2.05 bits per heavy atom. The second-order valence-electron chi connectivity index (χ2n) is 5.50. The first-order valence-corrected chi connectivity index (χ1v) is 7.70. The van der Waals surface area contributed by atoms with Gasteiger partial charge in [0.05, 0.1) is 6.10 Å². The van der Waals surface area contributed by atoms with Crippen LogP contribution >= 0.6 is 0 Å². The summed E-state index contributed by atoms with van der Waals surface area (Å²) in [5.41, 5.74) is 2.21. The highest BCUT2D eigenvalue weighted by molar-refractivity contribution is 5.82. The molecule has 0 spiro atoms. The van der Waals surface area contributed by atoms with E-state index in [0.29, 0.717) is 12.7 Å². The summed E-state index contributed by atoms with van der Waals surface area (Å²) in [6.07, 6.45) is 5.42. The van der Waals surface area contributed by atoms with E-state index >= 15 is 0 Å². The molecule has 1 saturated carbocycles. The van der Waals surface area contributed by atoms with E-state index in [2.05, 4.69) is 24.4 Å². The molecule has 0 aliphatic heterocycles. The summed E-state index contributed by atoms with van der Waals surface area (Å²) in [4.78, 5) is 0. The second-order valence-corrected chi connectivity index (χ2v) is 5.50. The number of furan rings is 1. The molecule has 1 N–H and O–H groups in total. The Balaban J connectivity index is 1.79. The fourth-order valence-electron chi connectivity index (χ4n) is 2.96. The minimum atomic E-state index is 0.426. The van der Waals surface area contributed by atoms with Crippen molar-refractivity contribution in [1.82, 2.24) is 5.32 Å². The molecule has 2 aromatic rings. The highest BCUT2D eigenvalue weighted by Gasteiger charge is 2.18. The first kappa shape index (κ1) is 13.7. The van der Waals surface area contributed by atoms with Gasteiger partial charge in [0.15, 0.2) is 0 Å². The maximum absolute atomic E-state index is 6.02. The van der Waals surface area contributed by atoms with Crippen LogP contribution in [0.25, 0.3) is 11.0 Å². The second kappa shape index (κ2) is 6.42. The molecular weight excluding hydrogens is 250 g/mol. The van der Waals surface area contributed by atoms with Gasteiger partial charge < -0.3 is 14.5 Å². The van der Waals surface area contributed by atoms with Gasteiger partial charge in [-0.25, -0.2) is 0 Å². The van der Waals surface area contributed by atoms with E-state index in [0.717, 1.165) is 24.4 Å². The highest BCUT2D eigenvalue weighted by atomic mass is 16.5. The third-order valence-corrected chi connectivity index (χ3v) is 4.09. The predicted molar refractivity (Wildman–Crippen MR) is 80.6 cm³/mol. The van der Waals surface area contributed by atoms with Crippen molar-refractivity contribution >= 4 is 11.0 Å². The molecule has 1 aliphatic carbocycles. The molecular formula is C17H23NO2. The zero-order valence-electron chi connectivity index (χ0n) is 12.2. The van der Waals surface area contributed by atoms with Crippen LogP contribution in [-0.4, -0.2) is 12.6 Å². The van der Waals surface area contributed by atoms with Crippen LogP contribution in [0.4, 0.5) is 0 Å². The van der Waals surface area contributed by atoms with Crippen molar-refractivity contribution < 1.29 is 9.15 Å². The SMILES string of the molecule is CCNCc1c(COC2CCCC2)oc2ccccc12. The highest BCUT2D eigenvalue weighted by Crippen LogP contribution is 2.28. The molecule has 0 amide bonds. The quantitative estimate of drug-likeness (QED) is 0.863. The minimum absolute atomic E-state index is 0.426. The molecule has 108 valence electrons. The Hall–Kier alpha value is -1.32. The van der Waals surface area contributed by atoms with Crippen molar-refractivity contribution in [1.29, 1.82) is 0 Å². The van der Waals surface area contributed by atoms with Gasteiger partial charge in [0.2, 0.25) is 0 Å². The Bertz CT molecular complexity index is 555. The summed E-state index contributed by atoms with van der Waals surface area (Å²) < 4.78 is 12.0. The van der Waals surface area contributed by atoms with Gasteiger partial charge in [-0.3, -0.25) is 0 Å². The predicted octanol–water partition coefficient (Wildman–Crippen LogP) is 4.00. The van der Waals surface area contributed by atoms with E-state index in [1.807, 2.05) is 12.1 Å². The number of ether oxygens (including phenoxy) is 1. The third-order valence-electron chi connectivity index (χ3n) is 4.09. The molecule has 0 bridgehead atoms. The van der Waals surface area contributed by atoms with E-state index in [1.54, 1.807) is 0 Å². The lowest BCUT2D eigenvalue weighted by Gasteiger charge is -2.10. The van der Waals surface area contributed by atoms with Crippen molar-refractivity contribution in [2.45, 2.75) is 51.9 Å². The van der Waals surface area contributed by atoms with Crippen LogP contribution in [0.15, 0.2) is 28.7 Å². The zero-order chi connectivity index (χ0) is 13.8. The van der Waals surface area contributed by atoms with Crippen molar-refractivity contribution in [3.05, 3.63) is 35.6 Å². The monoisotopic (exact) mass is 273 g/mol. The fraction of sp³-hybridized carbons (Fsp3) is 0.529. The summed E-state index contributed by atoms with van der Waals surface area (Å²) in [6, 6.07) is 8.24. The number of nitrogens with one attached hydrogen (secondary N) is 1. The maximum atomic E-state index is 6.02. The van der Waals surface area contributed by atoms with E-state index in [-0.39, 0.29) is 0 Å². The molecule has 0 unspecified atom stereocenters. The molecule has 3 nitrogen and oxygen atoms in total. The number of benzene rings is 1. The van der Waals surface area contributed by atoms with Crippen molar-refractivity contribution in [2.24, 2.45) is 0 Å². The van der Waals surface area contributed by atoms with Gasteiger partial charge in [-0.2, -0.15) is 0 Å². The average Bonchev–Trinajstić information content (AvgIpc) is 3.10. The van der Waals surface area contributed by atoms with Gasteiger partial charge in [-0.15, -0.1) is 0 Å². The van der Waals surface area contributed by atoms with Gasteiger partial charge in [-0.05, 0) is 25.5 Å². The van der Waals surface area contributed by atoms with Crippen LogP contribution in [0.2, 0.25) is 0 Å². The molecule has 3 heteroatoms. The molecule has 0 saturated heterocycles. The van der Waals surface area contributed by atoms with Gasteiger partial charge in [0.1, 0.15) is 18.0 Å². The van der Waals surface area contributed by atoms with Crippen molar-refractivity contribution in [2.75, 3.05) is 6.54 Å². The zero-order valence-corrected chi connectivity index (χ0v) is 12.2. The number of hydrogen-bond donors (Lipinski definition) is 1. The van der Waals surface area contributed by atoms with Crippen LogP contribution in [0.3, 0.4) is 0 Å². The molecule has 1 aromatic carbocycles. The minimum Gasteiger partial charge on any atom is -0.458 e. The number of rotatable bonds is 6. The molecule has 1 fully saturated rings. The molecule has 1 aliphatic rings. The van der Waals surface area contributed by atoms with Crippen LogP contribution in [0.5, 0.6) is 0 Å². The fourth-order valence-corrected chi connectivity index (χ4v) is 2.96. The first-order chi connectivity index (χ1) is 9.88. The summed E-state index contributed by atoms with van der Waals surface area (Å²) in [7, 11) is 0. The summed E-state index contributed by atoms with van der Waals surface area (Å²) in [5.74, 6) is 0.985. The third kappa shape index (κ3) is 2.89. The number of hydrogen-bond acceptors (Lipinski definition) is 3. The van der Waals surface area contributed by atoms with Gasteiger partial charge >= 0.3 is 0 Å². The van der Waals surface area contributed by atoms with Crippen LogP contribution in [0, 0.1) is 0 Å². The smallest absolute Gasteiger partial charge is 0.135 e. The van der Waals surface area contributed by atoms with E-state index in [1.165, 1.54) is 36.6 Å². The Kier molecular flexibility index (Phi) is 4.38. The Morgan fingerprint density at radius 3 is 2.85 bits per heavy atom. The lowest BCUT2D eigenvalue weighted by Crippen LogP contribution is -2.14. The molecule has 3 rings (SSSR count). The molecule has 20 heavy (non-hydrogen) atoms. The first-order valence-electron chi connectivity index (χ1n) is 7.70. The summed E-state index contributed by atoms with van der Waals surface area (Å²) in [6.45, 7) is 4.52. The standard InChI is InChI=1S/C17H23NO2/c1-2-18-11-15-14-9-5-6-10-16(14)20-17(15)12-19-13-7-3-4-8-13/h5-6,9-10,13,18H,2-4,7-8,11-12H2,1H3. The molecule has 0 radical (unpaired) electrons. The number of fused-ring (bicyclic) bond motifs is 1. The Labute approximate surface area is 120 Å². The molecule has 1 heterocycles. The van der Waals surface area contributed by atoms with Crippen molar-refractivity contribution in [3.8, 4) is 0 Å². The Morgan fingerprint density at radius 1 is 1.25 bits per heavy atom. The number of para-hydroxylation sites is 1. The molecule has 1 aromatic heterocycles. The van der Waals surface area contributed by atoms with Crippen LogP contribution in [-0.2, 0) is 17.9 Å². The maximum Gasteiger partial charge on any atom is 0.135 e. The van der Waals surface area contributed by atoms with E-state index < -0.39 is 0 Å². The summed E-state index contributed by atoms with van der Waals surface area (Å²) >= 11 is 0. The van der Waals surface area contributed by atoms with Gasteiger partial charge in [-0.1, -0.05) is 38.0 Å². The van der Waals surface area contributed by atoms with E-state index in [4.69, 9.17) is 9.15 Å². The van der Waals surface area contributed by atoms with Crippen LogP contribution < -0.4 is 5.32 Å². The summed E-state index contributed by atoms with van der Waals surface area (Å²) in [5, 5.41) is 4.60. The van der Waals surface area contributed by atoms with Gasteiger partial charge in [0.25, 0.3) is 0 Å². The largest absolute Gasteiger partial charge is 0.458 e. The van der Waals surface area contributed by atoms with E-state index in [9.17, 15) is 0 Å². The molecule has 0 atom stereocenters. The normalized spacial score (nSPS) is 16.2.